The first-order chi connectivity index (χ1) is 6.22. The van der Waals surface area contributed by atoms with Gasteiger partial charge in [-0.05, 0) is 17.7 Å². The van der Waals surface area contributed by atoms with Crippen molar-refractivity contribution >= 4 is 17.9 Å². The zero-order chi connectivity index (χ0) is 9.68. The molecule has 0 saturated heterocycles. The molecular formula is C8H11N5. The minimum Gasteiger partial charge on any atom is -0.399 e. The Labute approximate surface area is 75.9 Å². The number of nitrogen functional groups attached to an aromatic ring is 1. The molecule has 0 unspecified atom stereocenters. The molecule has 13 heavy (non-hydrogen) atoms. The van der Waals surface area contributed by atoms with E-state index in [1.54, 1.807) is 12.1 Å². The lowest BCUT2D eigenvalue weighted by Crippen LogP contribution is -2.27. The first kappa shape index (κ1) is 9.21. The second-order valence-corrected chi connectivity index (χ2v) is 2.42. The largest absolute Gasteiger partial charge is 0.399 e. The number of aliphatic imine (C=N–C) groups is 1. The number of hydrazine groups is 1. The number of nitrogens with two attached hydrogens (primary N) is 2. The van der Waals surface area contributed by atoms with E-state index >= 15 is 0 Å². The Hall–Kier alpha value is -1.88. The highest BCUT2D eigenvalue weighted by molar-refractivity contribution is 5.91. The number of guanidine groups is 1. The number of anilines is 1. The summed E-state index contributed by atoms with van der Waals surface area (Å²) in [6.45, 7) is 0. The minimum atomic E-state index is -0.0863. The SMILES string of the molecule is N=C(N=Cc1ccc(N)cc1)NN. The average molecular weight is 177 g/mol. The molecule has 0 aromatic heterocycles. The predicted octanol–water partition coefficient (Wildman–Crippen LogP) is 0.0858. The third kappa shape index (κ3) is 2.92. The van der Waals surface area contributed by atoms with Crippen LogP contribution in [0.15, 0.2) is 29.3 Å². The molecule has 5 nitrogen and oxygen atoms in total. The van der Waals surface area contributed by atoms with Crippen LogP contribution in [0, 0.1) is 5.41 Å². The maximum atomic E-state index is 7.07. The van der Waals surface area contributed by atoms with Gasteiger partial charge in [0.25, 0.3) is 0 Å². The summed E-state index contributed by atoms with van der Waals surface area (Å²) in [4.78, 5) is 3.72. The summed E-state index contributed by atoms with van der Waals surface area (Å²) in [6.07, 6.45) is 1.53. The predicted molar refractivity (Wildman–Crippen MR) is 53.5 cm³/mol. The molecule has 68 valence electrons. The van der Waals surface area contributed by atoms with E-state index in [0.717, 1.165) is 5.56 Å². The van der Waals surface area contributed by atoms with Crippen molar-refractivity contribution in [3.63, 3.8) is 0 Å². The van der Waals surface area contributed by atoms with Crippen LogP contribution in [0.25, 0.3) is 0 Å². The van der Waals surface area contributed by atoms with E-state index in [1.807, 2.05) is 12.1 Å². The van der Waals surface area contributed by atoms with E-state index in [4.69, 9.17) is 17.0 Å². The van der Waals surface area contributed by atoms with Crippen molar-refractivity contribution in [1.82, 2.24) is 5.43 Å². The van der Waals surface area contributed by atoms with Crippen LogP contribution in [0.4, 0.5) is 5.69 Å². The molecule has 0 bridgehead atoms. The van der Waals surface area contributed by atoms with Gasteiger partial charge in [0.05, 0.1) is 0 Å². The lowest BCUT2D eigenvalue weighted by atomic mass is 10.2. The number of nitrogens with zero attached hydrogens (tertiary/aromatic N) is 1. The summed E-state index contributed by atoms with van der Waals surface area (Å²) in [5.41, 5.74) is 9.16. The van der Waals surface area contributed by atoms with E-state index in [2.05, 4.69) is 10.4 Å². The minimum absolute atomic E-state index is 0.0863. The molecule has 0 fully saturated rings. The second kappa shape index (κ2) is 4.22. The van der Waals surface area contributed by atoms with Crippen LogP contribution >= 0.6 is 0 Å². The van der Waals surface area contributed by atoms with Crippen LogP contribution in [-0.4, -0.2) is 12.2 Å². The standard InChI is InChI=1S/C8H11N5/c9-7-3-1-6(2-4-7)5-12-8(10)13-11/h1-5H,9,11H2,(H2,10,13). The topological polar surface area (TPSA) is 100 Å². The summed E-state index contributed by atoms with van der Waals surface area (Å²) >= 11 is 0. The van der Waals surface area contributed by atoms with E-state index in [9.17, 15) is 0 Å². The molecule has 0 aliphatic rings. The van der Waals surface area contributed by atoms with Gasteiger partial charge in [-0.2, -0.15) is 0 Å². The van der Waals surface area contributed by atoms with Gasteiger partial charge in [-0.3, -0.25) is 10.8 Å². The molecule has 1 aromatic carbocycles. The smallest absolute Gasteiger partial charge is 0.229 e. The molecule has 6 N–H and O–H groups in total. The van der Waals surface area contributed by atoms with Crippen LogP contribution in [0.2, 0.25) is 0 Å². The molecule has 1 aromatic rings. The number of hydrogen-bond acceptors (Lipinski definition) is 3. The fraction of sp³-hybridized carbons (Fsp3) is 0. The maximum absolute atomic E-state index is 7.07. The number of nitrogens with one attached hydrogen (secondary N) is 2. The number of hydrogen-bond donors (Lipinski definition) is 4. The van der Waals surface area contributed by atoms with Gasteiger partial charge in [-0.25, -0.2) is 10.8 Å². The zero-order valence-corrected chi connectivity index (χ0v) is 6.99. The Kier molecular flexibility index (Phi) is 2.99. The molecule has 0 atom stereocenters. The zero-order valence-electron chi connectivity index (χ0n) is 6.99. The molecule has 0 saturated carbocycles. The van der Waals surface area contributed by atoms with E-state index in [-0.39, 0.29) is 5.96 Å². The van der Waals surface area contributed by atoms with Crippen LogP contribution in [0.3, 0.4) is 0 Å². The normalized spacial score (nSPS) is 10.2. The van der Waals surface area contributed by atoms with Gasteiger partial charge in [-0.15, -0.1) is 0 Å². The van der Waals surface area contributed by atoms with Gasteiger partial charge in [0.2, 0.25) is 5.96 Å². The molecule has 0 radical (unpaired) electrons. The van der Waals surface area contributed by atoms with Crippen molar-refractivity contribution in [2.24, 2.45) is 10.8 Å². The van der Waals surface area contributed by atoms with Crippen molar-refractivity contribution in [2.75, 3.05) is 5.73 Å². The molecule has 0 aliphatic carbocycles. The second-order valence-electron chi connectivity index (χ2n) is 2.42. The summed E-state index contributed by atoms with van der Waals surface area (Å²) in [6, 6.07) is 7.15. The lowest BCUT2D eigenvalue weighted by Gasteiger charge is -1.95. The van der Waals surface area contributed by atoms with Gasteiger partial charge in [0.1, 0.15) is 0 Å². The first-order valence-corrected chi connectivity index (χ1v) is 3.67. The Morgan fingerprint density at radius 3 is 2.54 bits per heavy atom. The molecular weight excluding hydrogens is 166 g/mol. The third-order valence-corrected chi connectivity index (χ3v) is 1.42. The summed E-state index contributed by atoms with van der Waals surface area (Å²) in [7, 11) is 0. The van der Waals surface area contributed by atoms with Crippen molar-refractivity contribution in [2.45, 2.75) is 0 Å². The van der Waals surface area contributed by atoms with Gasteiger partial charge in [0, 0.05) is 11.9 Å². The Morgan fingerprint density at radius 1 is 1.38 bits per heavy atom. The van der Waals surface area contributed by atoms with Crippen LogP contribution in [0.5, 0.6) is 0 Å². The lowest BCUT2D eigenvalue weighted by molar-refractivity contribution is 0.996. The Morgan fingerprint density at radius 2 is 2.00 bits per heavy atom. The fourth-order valence-electron chi connectivity index (χ4n) is 0.758. The van der Waals surface area contributed by atoms with Gasteiger partial charge >= 0.3 is 0 Å². The fourth-order valence-corrected chi connectivity index (χ4v) is 0.758. The highest BCUT2D eigenvalue weighted by atomic mass is 15.3. The molecule has 1 rings (SSSR count). The molecule has 0 aliphatic heterocycles. The third-order valence-electron chi connectivity index (χ3n) is 1.42. The van der Waals surface area contributed by atoms with Crippen molar-refractivity contribution in [1.29, 1.82) is 5.41 Å². The molecule has 0 heterocycles. The molecule has 0 amide bonds. The average Bonchev–Trinajstić information content (AvgIpc) is 2.16. The van der Waals surface area contributed by atoms with Crippen molar-refractivity contribution < 1.29 is 0 Å². The number of rotatable bonds is 1. The van der Waals surface area contributed by atoms with Gasteiger partial charge < -0.3 is 5.73 Å². The van der Waals surface area contributed by atoms with E-state index in [1.165, 1.54) is 6.21 Å². The van der Waals surface area contributed by atoms with Crippen LogP contribution < -0.4 is 17.0 Å². The summed E-state index contributed by atoms with van der Waals surface area (Å²) in [5.74, 6) is 4.87. The summed E-state index contributed by atoms with van der Waals surface area (Å²) in [5, 5.41) is 7.07. The van der Waals surface area contributed by atoms with Gasteiger partial charge in [-0.1, -0.05) is 12.1 Å². The monoisotopic (exact) mass is 177 g/mol. The van der Waals surface area contributed by atoms with Crippen molar-refractivity contribution in [3.05, 3.63) is 29.8 Å². The highest BCUT2D eigenvalue weighted by Crippen LogP contribution is 2.02. The van der Waals surface area contributed by atoms with Gasteiger partial charge in [0.15, 0.2) is 0 Å². The Balaban J connectivity index is 2.69. The molecule has 0 spiro atoms. The molecule has 5 heteroatoms. The van der Waals surface area contributed by atoms with Crippen LogP contribution in [-0.2, 0) is 0 Å². The van der Waals surface area contributed by atoms with E-state index in [0.29, 0.717) is 5.69 Å². The highest BCUT2D eigenvalue weighted by Gasteiger charge is 1.88. The Bertz CT molecular complexity index is 314. The first-order valence-electron chi connectivity index (χ1n) is 3.67. The van der Waals surface area contributed by atoms with Crippen LogP contribution in [0.1, 0.15) is 5.56 Å². The van der Waals surface area contributed by atoms with E-state index < -0.39 is 0 Å². The quantitative estimate of drug-likeness (QED) is 0.161. The number of benzene rings is 1. The van der Waals surface area contributed by atoms with Crippen molar-refractivity contribution in [3.8, 4) is 0 Å². The maximum Gasteiger partial charge on any atom is 0.229 e. The summed E-state index contributed by atoms with van der Waals surface area (Å²) < 4.78 is 0.